The zero-order valence-corrected chi connectivity index (χ0v) is 18.6. The van der Waals surface area contributed by atoms with Gasteiger partial charge < -0.3 is 0 Å². The van der Waals surface area contributed by atoms with E-state index in [4.69, 9.17) is 0 Å². The van der Waals surface area contributed by atoms with Gasteiger partial charge in [-0.2, -0.15) is 0 Å². The standard InChI is InChI=1S/C22H23BrP.BrH/c1-19(23)17-18-24(20-11-5-2-6-12-20,21-13-7-3-8-14-21)22-15-9-4-10-16-22;/h2-16,19H,17-18H2,1H3;1H/q+1;. The average molecular weight is 479 g/mol. The Hall–Kier alpha value is -0.950. The minimum Gasteiger partial charge on any atom is -0.114 e. The van der Waals surface area contributed by atoms with Crippen molar-refractivity contribution in [2.24, 2.45) is 0 Å². The van der Waals surface area contributed by atoms with Crippen molar-refractivity contribution in [1.29, 1.82) is 0 Å². The van der Waals surface area contributed by atoms with Gasteiger partial charge in [0, 0.05) is 4.83 Å². The molecule has 3 aromatic rings. The highest BCUT2D eigenvalue weighted by atomic mass is 79.9. The van der Waals surface area contributed by atoms with Crippen LogP contribution in [-0.4, -0.2) is 11.0 Å². The first-order valence-electron chi connectivity index (χ1n) is 8.42. The maximum atomic E-state index is 3.76. The van der Waals surface area contributed by atoms with Gasteiger partial charge in [0.05, 0.1) is 6.16 Å². The van der Waals surface area contributed by atoms with Crippen LogP contribution >= 0.6 is 40.2 Å². The van der Waals surface area contributed by atoms with Crippen LogP contribution < -0.4 is 15.9 Å². The fourth-order valence-corrected chi connectivity index (χ4v) is 8.32. The lowest BCUT2D eigenvalue weighted by Gasteiger charge is -2.28. The van der Waals surface area contributed by atoms with Gasteiger partial charge in [-0.05, 0) is 42.8 Å². The Bertz CT molecular complexity index is 646. The smallest absolute Gasteiger partial charge is 0.112 e. The summed E-state index contributed by atoms with van der Waals surface area (Å²) in [6.45, 7) is 2.25. The number of halogens is 2. The highest BCUT2D eigenvalue weighted by Crippen LogP contribution is 2.56. The number of alkyl halides is 1. The summed E-state index contributed by atoms with van der Waals surface area (Å²) in [5, 5.41) is 4.40. The molecule has 0 N–H and O–H groups in total. The summed E-state index contributed by atoms with van der Waals surface area (Å²) in [6.07, 6.45) is 2.34. The Kier molecular flexibility index (Phi) is 7.87. The van der Waals surface area contributed by atoms with E-state index in [0.29, 0.717) is 4.83 Å². The van der Waals surface area contributed by atoms with Gasteiger partial charge in [0.25, 0.3) is 0 Å². The Morgan fingerprint density at radius 3 is 1.28 bits per heavy atom. The van der Waals surface area contributed by atoms with E-state index in [1.54, 1.807) is 0 Å². The van der Waals surface area contributed by atoms with Crippen LogP contribution in [0.5, 0.6) is 0 Å². The molecule has 1 unspecified atom stereocenters. The van der Waals surface area contributed by atoms with E-state index < -0.39 is 7.26 Å². The third-order valence-corrected chi connectivity index (χ3v) is 9.38. The summed E-state index contributed by atoms with van der Waals surface area (Å²) in [6, 6.07) is 33.3. The lowest BCUT2D eigenvalue weighted by Crippen LogP contribution is -2.33. The first-order chi connectivity index (χ1) is 11.7. The normalized spacial score (nSPS) is 12.2. The van der Waals surface area contributed by atoms with E-state index in [1.807, 2.05) is 0 Å². The highest BCUT2D eigenvalue weighted by molar-refractivity contribution is 9.09. The molecule has 1 atom stereocenters. The average Bonchev–Trinajstić information content (AvgIpc) is 2.65. The van der Waals surface area contributed by atoms with Crippen molar-refractivity contribution in [2.75, 3.05) is 6.16 Å². The van der Waals surface area contributed by atoms with Crippen molar-refractivity contribution in [3.05, 3.63) is 91.0 Å². The third kappa shape index (κ3) is 4.61. The molecule has 0 aliphatic rings. The van der Waals surface area contributed by atoms with E-state index in [-0.39, 0.29) is 17.0 Å². The van der Waals surface area contributed by atoms with Gasteiger partial charge >= 0.3 is 0 Å². The minimum absolute atomic E-state index is 0. The summed E-state index contributed by atoms with van der Waals surface area (Å²) >= 11 is 3.76. The van der Waals surface area contributed by atoms with E-state index in [9.17, 15) is 0 Å². The molecule has 0 aliphatic heterocycles. The second-order valence-corrected chi connectivity index (χ2v) is 11.3. The first kappa shape index (κ1) is 20.4. The minimum atomic E-state index is -1.64. The predicted octanol–water partition coefficient (Wildman–Crippen LogP) is 5.73. The fraction of sp³-hybridized carbons (Fsp3) is 0.182. The van der Waals surface area contributed by atoms with Crippen LogP contribution in [-0.2, 0) is 0 Å². The molecule has 0 spiro atoms. The molecule has 3 rings (SSSR count). The molecule has 0 saturated carbocycles. The topological polar surface area (TPSA) is 0 Å². The van der Waals surface area contributed by atoms with Crippen LogP contribution in [0.1, 0.15) is 13.3 Å². The van der Waals surface area contributed by atoms with E-state index in [2.05, 4.69) is 114 Å². The summed E-state index contributed by atoms with van der Waals surface area (Å²) < 4.78 is 0. The van der Waals surface area contributed by atoms with Gasteiger partial charge in [-0.15, -0.1) is 17.0 Å². The van der Waals surface area contributed by atoms with E-state index in [0.717, 1.165) is 6.42 Å². The Labute approximate surface area is 170 Å². The maximum Gasteiger partial charge on any atom is 0.112 e. The SMILES string of the molecule is Br.CC(Br)CC[P+](c1ccccc1)(c1ccccc1)c1ccccc1. The molecule has 0 aliphatic carbocycles. The summed E-state index contributed by atoms with van der Waals surface area (Å²) in [5.74, 6) is 0. The van der Waals surface area contributed by atoms with Crippen LogP contribution in [0.3, 0.4) is 0 Å². The Balaban J connectivity index is 0.00000225. The Morgan fingerprint density at radius 2 is 1.00 bits per heavy atom. The lowest BCUT2D eigenvalue weighted by atomic mass is 10.3. The molecule has 0 radical (unpaired) electrons. The lowest BCUT2D eigenvalue weighted by molar-refractivity contribution is 0.928. The van der Waals surface area contributed by atoms with Crippen molar-refractivity contribution in [3.63, 3.8) is 0 Å². The number of rotatable bonds is 6. The second kappa shape index (κ2) is 9.67. The van der Waals surface area contributed by atoms with Crippen molar-refractivity contribution in [3.8, 4) is 0 Å². The molecule has 0 aromatic heterocycles. The van der Waals surface area contributed by atoms with Gasteiger partial charge in [0.2, 0.25) is 0 Å². The van der Waals surface area contributed by atoms with Crippen LogP contribution in [0, 0.1) is 0 Å². The second-order valence-electron chi connectivity index (χ2n) is 6.11. The van der Waals surface area contributed by atoms with Gasteiger partial charge in [-0.25, -0.2) is 0 Å². The molecular formula is C22H24Br2P+. The largest absolute Gasteiger partial charge is 0.114 e. The quantitative estimate of drug-likeness (QED) is 0.313. The van der Waals surface area contributed by atoms with Gasteiger partial charge in [-0.1, -0.05) is 77.5 Å². The van der Waals surface area contributed by atoms with Gasteiger partial charge in [0.15, 0.2) is 0 Å². The predicted molar refractivity (Wildman–Crippen MR) is 123 cm³/mol. The highest BCUT2D eigenvalue weighted by Gasteiger charge is 2.44. The van der Waals surface area contributed by atoms with Crippen LogP contribution in [0.15, 0.2) is 91.0 Å². The summed E-state index contributed by atoms with van der Waals surface area (Å²) in [5.41, 5.74) is 0. The fourth-order valence-electron chi connectivity index (χ4n) is 3.25. The molecule has 25 heavy (non-hydrogen) atoms. The van der Waals surface area contributed by atoms with Crippen LogP contribution in [0.25, 0.3) is 0 Å². The van der Waals surface area contributed by atoms with Gasteiger partial charge in [0.1, 0.15) is 23.2 Å². The number of hydrogen-bond acceptors (Lipinski definition) is 0. The van der Waals surface area contributed by atoms with E-state index >= 15 is 0 Å². The van der Waals surface area contributed by atoms with Crippen molar-refractivity contribution in [2.45, 2.75) is 18.2 Å². The summed E-state index contributed by atoms with van der Waals surface area (Å²) in [4.78, 5) is 0.521. The zero-order chi connectivity index (χ0) is 16.8. The van der Waals surface area contributed by atoms with Crippen molar-refractivity contribution in [1.82, 2.24) is 0 Å². The Morgan fingerprint density at radius 1 is 0.680 bits per heavy atom. The van der Waals surface area contributed by atoms with Crippen LogP contribution in [0.2, 0.25) is 0 Å². The number of benzene rings is 3. The molecule has 0 bridgehead atoms. The molecule has 130 valence electrons. The first-order valence-corrected chi connectivity index (χ1v) is 11.3. The molecule has 0 saturated heterocycles. The molecule has 0 fully saturated rings. The summed E-state index contributed by atoms with van der Waals surface area (Å²) in [7, 11) is -1.64. The van der Waals surface area contributed by atoms with Crippen LogP contribution in [0.4, 0.5) is 0 Å². The molecule has 0 amide bonds. The number of hydrogen-bond donors (Lipinski definition) is 0. The molecule has 3 aromatic carbocycles. The van der Waals surface area contributed by atoms with Crippen molar-refractivity contribution >= 4 is 56.1 Å². The molecular weight excluding hydrogens is 455 g/mol. The molecule has 0 nitrogen and oxygen atoms in total. The van der Waals surface area contributed by atoms with Gasteiger partial charge in [-0.3, -0.25) is 0 Å². The van der Waals surface area contributed by atoms with E-state index in [1.165, 1.54) is 22.1 Å². The molecule has 0 heterocycles. The van der Waals surface area contributed by atoms with Crippen molar-refractivity contribution < 1.29 is 0 Å². The third-order valence-electron chi connectivity index (χ3n) is 4.45. The molecule has 3 heteroatoms. The zero-order valence-electron chi connectivity index (χ0n) is 14.4. The maximum absolute atomic E-state index is 3.76. The monoisotopic (exact) mass is 477 g/mol.